The van der Waals surface area contributed by atoms with Crippen molar-refractivity contribution in [2.24, 2.45) is 16.7 Å². The highest BCUT2D eigenvalue weighted by Crippen LogP contribution is 2.66. The molecule has 2 bridgehead atoms. The Hall–Kier alpha value is -1.00. The number of carbonyl (C=O) groups is 1. The van der Waals surface area contributed by atoms with Crippen LogP contribution in [0.1, 0.15) is 33.6 Å². The van der Waals surface area contributed by atoms with Crippen molar-refractivity contribution < 1.29 is 23.1 Å². The molecule has 2 rings (SSSR count). The van der Waals surface area contributed by atoms with Crippen LogP contribution in [0.3, 0.4) is 0 Å². The minimum absolute atomic E-state index is 0.406. The summed E-state index contributed by atoms with van der Waals surface area (Å²) in [6.07, 6.45) is -3.70. The summed E-state index contributed by atoms with van der Waals surface area (Å²) in [6, 6.07) is 0. The summed E-state index contributed by atoms with van der Waals surface area (Å²) in [5.41, 5.74) is -1.69. The molecule has 2 nitrogen and oxygen atoms in total. The number of Topliss-reactive ketones (excluding diaryl/α,β-unsaturated/α-hetero) is 1. The Kier molecular flexibility index (Phi) is 2.24. The normalized spacial score (nSPS) is 38.7. The van der Waals surface area contributed by atoms with Gasteiger partial charge in [-0.25, -0.2) is 0 Å². The molecule has 17 heavy (non-hydrogen) atoms. The summed E-state index contributed by atoms with van der Waals surface area (Å²) in [7, 11) is 0. The molecule has 1 N–H and O–H groups in total. The second-order valence-electron chi connectivity index (χ2n) is 5.73. The minimum Gasteiger partial charge on any atom is -0.504 e. The van der Waals surface area contributed by atoms with Crippen molar-refractivity contribution in [3.8, 4) is 0 Å². The van der Waals surface area contributed by atoms with Gasteiger partial charge < -0.3 is 5.11 Å². The van der Waals surface area contributed by atoms with E-state index in [1.54, 1.807) is 20.8 Å². The van der Waals surface area contributed by atoms with E-state index in [-0.39, 0.29) is 0 Å². The van der Waals surface area contributed by atoms with Crippen molar-refractivity contribution in [3.05, 3.63) is 11.3 Å². The predicted octanol–water partition coefficient (Wildman–Crippen LogP) is 3.39. The largest absolute Gasteiger partial charge is 0.504 e. The van der Waals surface area contributed by atoms with E-state index in [4.69, 9.17) is 0 Å². The van der Waals surface area contributed by atoms with E-state index in [1.807, 2.05) is 0 Å². The lowest BCUT2D eigenvalue weighted by atomic mass is 9.70. The molecule has 2 atom stereocenters. The van der Waals surface area contributed by atoms with Crippen LogP contribution in [0.25, 0.3) is 0 Å². The molecule has 5 heteroatoms. The fourth-order valence-corrected chi connectivity index (χ4v) is 3.29. The number of aliphatic hydroxyl groups excluding tert-OH is 1. The molecule has 0 aliphatic heterocycles. The van der Waals surface area contributed by atoms with E-state index < -0.39 is 40.0 Å². The molecule has 2 saturated carbocycles. The topological polar surface area (TPSA) is 37.3 Å². The molecule has 0 radical (unpaired) electrons. The van der Waals surface area contributed by atoms with Gasteiger partial charge in [0.25, 0.3) is 0 Å². The lowest BCUT2D eigenvalue weighted by molar-refractivity contribution is -0.131. The van der Waals surface area contributed by atoms with Gasteiger partial charge in [0.05, 0.1) is 0 Å². The number of ketones is 1. The number of allylic oxidation sites excluding steroid dienone is 2. The van der Waals surface area contributed by atoms with Gasteiger partial charge in [-0.1, -0.05) is 20.8 Å². The summed E-state index contributed by atoms with van der Waals surface area (Å²) < 4.78 is 37.5. The fraction of sp³-hybridized carbons (Fsp3) is 0.750. The Bertz CT molecular complexity index is 420. The zero-order chi connectivity index (χ0) is 13.2. The van der Waals surface area contributed by atoms with Crippen molar-refractivity contribution in [3.63, 3.8) is 0 Å². The van der Waals surface area contributed by atoms with Crippen LogP contribution in [0.2, 0.25) is 0 Å². The van der Waals surface area contributed by atoms with Gasteiger partial charge in [-0.3, -0.25) is 4.79 Å². The zero-order valence-electron chi connectivity index (χ0n) is 9.98. The number of aliphatic hydroxyl groups is 1. The second kappa shape index (κ2) is 3.06. The Morgan fingerprint density at radius 1 is 1.35 bits per heavy atom. The molecule has 0 heterocycles. The third kappa shape index (κ3) is 1.31. The van der Waals surface area contributed by atoms with E-state index in [0.29, 0.717) is 12.8 Å². The molecule has 0 aromatic heterocycles. The van der Waals surface area contributed by atoms with Crippen molar-refractivity contribution in [2.45, 2.75) is 39.8 Å². The maximum atomic E-state index is 12.5. The van der Waals surface area contributed by atoms with Crippen LogP contribution in [0.15, 0.2) is 11.3 Å². The highest BCUT2D eigenvalue weighted by Gasteiger charge is 2.66. The van der Waals surface area contributed by atoms with E-state index >= 15 is 0 Å². The van der Waals surface area contributed by atoms with E-state index in [0.717, 1.165) is 0 Å². The van der Waals surface area contributed by atoms with Crippen LogP contribution in [-0.2, 0) is 4.79 Å². The van der Waals surface area contributed by atoms with Gasteiger partial charge in [-0.2, -0.15) is 13.2 Å². The average molecular weight is 248 g/mol. The highest BCUT2D eigenvalue weighted by molar-refractivity contribution is 6.05. The van der Waals surface area contributed by atoms with Crippen molar-refractivity contribution in [1.29, 1.82) is 0 Å². The van der Waals surface area contributed by atoms with Gasteiger partial charge in [0, 0.05) is 11.0 Å². The van der Waals surface area contributed by atoms with Crippen LogP contribution in [-0.4, -0.2) is 17.1 Å². The predicted molar refractivity (Wildman–Crippen MR) is 55.3 cm³/mol. The van der Waals surface area contributed by atoms with Crippen LogP contribution in [0, 0.1) is 16.7 Å². The highest BCUT2D eigenvalue weighted by atomic mass is 19.4. The van der Waals surface area contributed by atoms with E-state index in [2.05, 4.69) is 0 Å². The lowest BCUT2D eigenvalue weighted by Crippen LogP contribution is -2.32. The van der Waals surface area contributed by atoms with Gasteiger partial charge in [0.2, 0.25) is 5.76 Å². The second-order valence-corrected chi connectivity index (χ2v) is 5.73. The number of alkyl halides is 3. The Balaban J connectivity index is 2.60. The quantitative estimate of drug-likeness (QED) is 0.527. The first-order valence-corrected chi connectivity index (χ1v) is 5.58. The molecule has 0 amide bonds. The first kappa shape index (κ1) is 12.5. The summed E-state index contributed by atoms with van der Waals surface area (Å²) in [4.78, 5) is 12.1. The van der Waals surface area contributed by atoms with Gasteiger partial charge in [-0.15, -0.1) is 0 Å². The molecule has 2 fully saturated rings. The average Bonchev–Trinajstić information content (AvgIpc) is 2.47. The van der Waals surface area contributed by atoms with Crippen molar-refractivity contribution >= 4 is 5.78 Å². The van der Waals surface area contributed by atoms with E-state index in [9.17, 15) is 23.1 Å². The number of rotatable bonds is 0. The SMILES string of the molecule is CC1(C)[C@H]2CC[C@@]1(C)C(=O)/C2=C(/O)C(F)(F)F. The number of halogens is 3. The van der Waals surface area contributed by atoms with Gasteiger partial charge >= 0.3 is 6.18 Å². The zero-order valence-corrected chi connectivity index (χ0v) is 9.98. The van der Waals surface area contributed by atoms with Crippen LogP contribution >= 0.6 is 0 Å². The minimum atomic E-state index is -4.83. The molecule has 0 saturated heterocycles. The van der Waals surface area contributed by atoms with Crippen molar-refractivity contribution in [2.75, 3.05) is 0 Å². The molecular formula is C12H15F3O2. The summed E-state index contributed by atoms with van der Waals surface area (Å²) in [5.74, 6) is -2.71. The number of hydrogen-bond acceptors (Lipinski definition) is 2. The maximum Gasteiger partial charge on any atom is 0.449 e. The monoisotopic (exact) mass is 248 g/mol. The first-order valence-electron chi connectivity index (χ1n) is 5.58. The molecule has 0 spiro atoms. The van der Waals surface area contributed by atoms with Gasteiger partial charge in [0.15, 0.2) is 5.78 Å². The van der Waals surface area contributed by atoms with Crippen LogP contribution < -0.4 is 0 Å². The Morgan fingerprint density at radius 3 is 2.24 bits per heavy atom. The van der Waals surface area contributed by atoms with Crippen molar-refractivity contribution in [1.82, 2.24) is 0 Å². The van der Waals surface area contributed by atoms with Crippen LogP contribution in [0.4, 0.5) is 13.2 Å². The molecular weight excluding hydrogens is 233 g/mol. The summed E-state index contributed by atoms with van der Waals surface area (Å²) >= 11 is 0. The maximum absolute atomic E-state index is 12.5. The van der Waals surface area contributed by atoms with E-state index in [1.165, 1.54) is 0 Å². The lowest BCUT2D eigenvalue weighted by Gasteiger charge is -2.31. The molecule has 0 aromatic carbocycles. The third-order valence-corrected chi connectivity index (χ3v) is 4.84. The Labute approximate surface area is 97.5 Å². The first-order chi connectivity index (χ1) is 7.53. The summed E-state index contributed by atoms with van der Waals surface area (Å²) in [5, 5.41) is 9.26. The fourth-order valence-electron chi connectivity index (χ4n) is 3.29. The molecule has 96 valence electrons. The van der Waals surface area contributed by atoms with Gasteiger partial charge in [-0.05, 0) is 24.2 Å². The number of carbonyl (C=O) groups excluding carboxylic acids is 1. The number of hydrogen-bond donors (Lipinski definition) is 1. The smallest absolute Gasteiger partial charge is 0.449 e. The molecule has 2 aliphatic carbocycles. The Morgan fingerprint density at radius 2 is 1.88 bits per heavy atom. The van der Waals surface area contributed by atoms with Crippen LogP contribution in [0.5, 0.6) is 0 Å². The molecule has 0 aromatic rings. The number of fused-ring (bicyclic) bond motifs is 2. The summed E-state index contributed by atoms with van der Waals surface area (Å²) in [6.45, 7) is 5.31. The standard InChI is InChI=1S/C12H15F3O2/c1-10(2)6-4-5-11(10,3)8(16)7(6)9(17)12(13,14)15/h6,17H,4-5H2,1-3H3/b9-7+/t6-,11-/m0/s1. The molecule has 2 aliphatic rings. The third-order valence-electron chi connectivity index (χ3n) is 4.84. The molecule has 0 unspecified atom stereocenters. The van der Waals surface area contributed by atoms with Gasteiger partial charge in [0.1, 0.15) is 0 Å².